The average Bonchev–Trinajstić information content (AvgIpc) is 3.62. The van der Waals surface area contributed by atoms with Gasteiger partial charge in [0.15, 0.2) is 0 Å². The van der Waals surface area contributed by atoms with Gasteiger partial charge in [-0.1, -0.05) is 35.5 Å². The number of hydrogen-bond donors (Lipinski definition) is 1. The van der Waals surface area contributed by atoms with E-state index >= 15 is 0 Å². The van der Waals surface area contributed by atoms with E-state index < -0.39 is 5.60 Å². The van der Waals surface area contributed by atoms with Crippen LogP contribution >= 0.6 is 0 Å². The Labute approximate surface area is 204 Å². The van der Waals surface area contributed by atoms with E-state index in [9.17, 15) is 9.59 Å². The van der Waals surface area contributed by atoms with E-state index in [4.69, 9.17) is 4.74 Å². The zero-order valence-corrected chi connectivity index (χ0v) is 20.0. The summed E-state index contributed by atoms with van der Waals surface area (Å²) in [7, 11) is 0. The fourth-order valence-corrected chi connectivity index (χ4v) is 4.91. The smallest absolute Gasteiger partial charge is 0.269 e. The lowest BCUT2D eigenvalue weighted by molar-refractivity contribution is -0.133. The molecule has 2 aliphatic heterocycles. The lowest BCUT2D eigenvalue weighted by atomic mass is 10.0. The number of ether oxygens (including phenoxy) is 1. The fraction of sp³-hybridized carbons (Fsp3) is 0.480. The fourth-order valence-electron chi connectivity index (χ4n) is 4.91. The van der Waals surface area contributed by atoms with Crippen molar-refractivity contribution in [1.29, 1.82) is 0 Å². The van der Waals surface area contributed by atoms with E-state index in [-0.39, 0.29) is 18.4 Å². The minimum absolute atomic E-state index is 0.181. The first kappa shape index (κ1) is 23.2. The van der Waals surface area contributed by atoms with Crippen molar-refractivity contribution < 1.29 is 14.3 Å². The number of carbonyl (C=O) groups excluding carboxylic acids is 2. The number of fused-ring (bicyclic) bond motifs is 1. The molecule has 5 rings (SSSR count). The summed E-state index contributed by atoms with van der Waals surface area (Å²) in [6.45, 7) is 5.02. The van der Waals surface area contributed by atoms with Gasteiger partial charge in [0.25, 0.3) is 5.91 Å². The number of aryl methyl sites for hydroxylation is 2. The molecule has 1 N–H and O–H groups in total. The Morgan fingerprint density at radius 1 is 1.17 bits per heavy atom. The summed E-state index contributed by atoms with van der Waals surface area (Å²) in [6, 6.07) is 12.0. The summed E-state index contributed by atoms with van der Waals surface area (Å²) >= 11 is 0. The molecule has 4 heterocycles. The van der Waals surface area contributed by atoms with Crippen LogP contribution in [0.3, 0.4) is 0 Å². The molecular weight excluding hydrogens is 446 g/mol. The van der Waals surface area contributed by atoms with Gasteiger partial charge >= 0.3 is 0 Å². The third kappa shape index (κ3) is 4.97. The monoisotopic (exact) mass is 477 g/mol. The predicted octanol–water partition coefficient (Wildman–Crippen LogP) is 1.95. The first-order chi connectivity index (χ1) is 17.1. The maximum Gasteiger partial charge on any atom is 0.269 e. The third-order valence-corrected chi connectivity index (χ3v) is 6.90. The Bertz CT molecular complexity index is 1190. The molecule has 10 heteroatoms. The second-order valence-electron chi connectivity index (χ2n) is 9.23. The molecule has 0 bridgehead atoms. The second kappa shape index (κ2) is 9.99. The first-order valence-electron chi connectivity index (χ1n) is 12.2. The van der Waals surface area contributed by atoms with Crippen LogP contribution in [0.15, 0.2) is 42.6 Å². The summed E-state index contributed by atoms with van der Waals surface area (Å²) in [5, 5.41) is 15.6. The first-order valence-corrected chi connectivity index (χ1v) is 12.2. The Balaban J connectivity index is 1.14. The Morgan fingerprint density at radius 2 is 2.03 bits per heavy atom. The van der Waals surface area contributed by atoms with E-state index in [1.807, 2.05) is 34.7 Å². The molecule has 1 unspecified atom stereocenters. The van der Waals surface area contributed by atoms with Crippen molar-refractivity contribution >= 4 is 11.8 Å². The zero-order chi connectivity index (χ0) is 24.3. The molecule has 1 spiro atoms. The molecule has 2 amide bonds. The van der Waals surface area contributed by atoms with E-state index in [0.717, 1.165) is 25.0 Å². The highest BCUT2D eigenvalue weighted by Gasteiger charge is 2.44. The maximum absolute atomic E-state index is 12.8. The van der Waals surface area contributed by atoms with Gasteiger partial charge in [-0.05, 0) is 37.8 Å². The highest BCUT2D eigenvalue weighted by Crippen LogP contribution is 2.33. The second-order valence-corrected chi connectivity index (χ2v) is 9.23. The van der Waals surface area contributed by atoms with E-state index in [1.54, 1.807) is 16.9 Å². The number of aromatic nitrogens is 5. The molecule has 1 saturated heterocycles. The number of carbonyl (C=O) groups is 2. The number of nitrogens with one attached hydrogen (secondary N) is 1. The lowest BCUT2D eigenvalue weighted by Gasteiger charge is -2.34. The zero-order valence-electron chi connectivity index (χ0n) is 20.0. The van der Waals surface area contributed by atoms with Gasteiger partial charge < -0.3 is 15.0 Å². The minimum Gasteiger partial charge on any atom is -0.365 e. The van der Waals surface area contributed by atoms with Gasteiger partial charge in [-0.3, -0.25) is 14.3 Å². The standard InChI is InChI=1S/C25H31N7O3/c1-2-31-21(11-13-27-31)24(34)26-15-20-22-16-35-25(18-32(22)29-28-20)12-14-30(17-25)23(33)10-6-9-19-7-4-3-5-8-19/h3-5,7-8,11,13H,2,6,9-10,12,14-18H2,1H3,(H,26,34). The molecule has 35 heavy (non-hydrogen) atoms. The molecule has 1 aromatic carbocycles. The van der Waals surface area contributed by atoms with Crippen molar-refractivity contribution in [3.05, 3.63) is 65.2 Å². The summed E-state index contributed by atoms with van der Waals surface area (Å²) in [5.41, 5.74) is 2.91. The van der Waals surface area contributed by atoms with Crippen molar-refractivity contribution in [3.8, 4) is 0 Å². The molecule has 0 aliphatic carbocycles. The van der Waals surface area contributed by atoms with Crippen LogP contribution in [0.1, 0.15) is 53.6 Å². The lowest BCUT2D eigenvalue weighted by Crippen LogP contribution is -2.45. The highest BCUT2D eigenvalue weighted by molar-refractivity contribution is 5.92. The maximum atomic E-state index is 12.8. The molecule has 0 saturated carbocycles. The molecule has 2 aromatic heterocycles. The summed E-state index contributed by atoms with van der Waals surface area (Å²) in [4.78, 5) is 27.2. The van der Waals surface area contributed by atoms with E-state index in [0.29, 0.717) is 50.6 Å². The number of amides is 2. The molecule has 1 atom stereocenters. The van der Waals surface area contributed by atoms with Gasteiger partial charge in [0.05, 0.1) is 31.9 Å². The third-order valence-electron chi connectivity index (χ3n) is 6.90. The quantitative estimate of drug-likeness (QED) is 0.531. The van der Waals surface area contributed by atoms with E-state index in [1.165, 1.54) is 5.56 Å². The number of hydrogen-bond acceptors (Lipinski definition) is 6. The van der Waals surface area contributed by atoms with E-state index in [2.05, 4.69) is 32.9 Å². The molecule has 184 valence electrons. The van der Waals surface area contributed by atoms with Crippen LogP contribution in [0.25, 0.3) is 0 Å². The topological polar surface area (TPSA) is 107 Å². The number of likely N-dealkylation sites (tertiary alicyclic amines) is 1. The van der Waals surface area contributed by atoms with Crippen LogP contribution in [0.4, 0.5) is 0 Å². The van der Waals surface area contributed by atoms with Crippen molar-refractivity contribution in [2.24, 2.45) is 0 Å². The van der Waals surface area contributed by atoms with Crippen LogP contribution < -0.4 is 5.32 Å². The Hall–Kier alpha value is -3.53. The van der Waals surface area contributed by atoms with Gasteiger partial charge in [-0.25, -0.2) is 4.68 Å². The molecule has 0 radical (unpaired) electrons. The van der Waals surface area contributed by atoms with Crippen molar-refractivity contribution in [3.63, 3.8) is 0 Å². The molecular formula is C25H31N7O3. The Morgan fingerprint density at radius 3 is 2.86 bits per heavy atom. The number of benzene rings is 1. The van der Waals surface area contributed by atoms with Crippen LogP contribution in [0.5, 0.6) is 0 Å². The van der Waals surface area contributed by atoms with Crippen molar-refractivity contribution in [2.45, 2.75) is 64.4 Å². The molecule has 10 nitrogen and oxygen atoms in total. The summed E-state index contributed by atoms with van der Waals surface area (Å²) in [6.07, 6.45) is 4.69. The normalized spacial score (nSPS) is 19.2. The van der Waals surface area contributed by atoms with Crippen LogP contribution in [-0.4, -0.2) is 60.2 Å². The van der Waals surface area contributed by atoms with Crippen molar-refractivity contribution in [1.82, 2.24) is 35.0 Å². The van der Waals surface area contributed by atoms with Crippen LogP contribution in [0, 0.1) is 0 Å². The summed E-state index contributed by atoms with van der Waals surface area (Å²) in [5.74, 6) is -0.0166. The number of rotatable bonds is 8. The van der Waals surface area contributed by atoms with Gasteiger partial charge in [0.1, 0.15) is 17.0 Å². The SMILES string of the molecule is CCn1nccc1C(=O)NCc1nnn2c1COC1(CCN(C(=O)CCCc3ccccc3)C1)C2. The highest BCUT2D eigenvalue weighted by atomic mass is 16.5. The molecule has 1 fully saturated rings. The van der Waals surface area contributed by atoms with Gasteiger partial charge in [0.2, 0.25) is 5.91 Å². The number of nitrogens with zero attached hydrogens (tertiary/aromatic N) is 6. The van der Waals surface area contributed by atoms with Crippen molar-refractivity contribution in [2.75, 3.05) is 13.1 Å². The molecule has 2 aliphatic rings. The largest absolute Gasteiger partial charge is 0.365 e. The summed E-state index contributed by atoms with van der Waals surface area (Å²) < 4.78 is 9.82. The van der Waals surface area contributed by atoms with Gasteiger partial charge in [-0.2, -0.15) is 5.10 Å². The van der Waals surface area contributed by atoms with Crippen LogP contribution in [-0.2, 0) is 42.2 Å². The van der Waals surface area contributed by atoms with Crippen LogP contribution in [0.2, 0.25) is 0 Å². The predicted molar refractivity (Wildman–Crippen MR) is 127 cm³/mol. The molecule has 3 aromatic rings. The minimum atomic E-state index is -0.427. The van der Waals surface area contributed by atoms with Gasteiger partial charge in [0, 0.05) is 25.7 Å². The van der Waals surface area contributed by atoms with Gasteiger partial charge in [-0.15, -0.1) is 5.10 Å². The Kier molecular flexibility index (Phi) is 6.63. The average molecular weight is 478 g/mol.